The molecular formula is C49H42N6O8S. The number of hydrogen-bond acceptors (Lipinski definition) is 11. The quantitative estimate of drug-likeness (QED) is 0.0566. The Labute approximate surface area is 367 Å². The molecule has 0 aliphatic rings. The van der Waals surface area contributed by atoms with E-state index in [1.165, 1.54) is 61.8 Å². The minimum Gasteiger partial charge on any atom is -0.506 e. The first-order valence-corrected chi connectivity index (χ1v) is 21.5. The summed E-state index contributed by atoms with van der Waals surface area (Å²) in [6.07, 6.45) is 0.472. The fraction of sp³-hybridized carbons (Fsp3) is 0.102. The predicted molar refractivity (Wildman–Crippen MR) is 246 cm³/mol. The van der Waals surface area contributed by atoms with E-state index in [0.717, 1.165) is 16.7 Å². The number of nitrogens with two attached hydrogens (primary N) is 1. The van der Waals surface area contributed by atoms with Gasteiger partial charge in [-0.1, -0.05) is 54.6 Å². The number of fused-ring (bicyclic) bond motifs is 2. The number of aliphatic hydroxyl groups is 1. The number of nitrogens with one attached hydrogen (secondary N) is 4. The van der Waals surface area contributed by atoms with Crippen LogP contribution in [0.2, 0.25) is 0 Å². The molecule has 14 nitrogen and oxygen atoms in total. The van der Waals surface area contributed by atoms with Crippen molar-refractivity contribution in [1.29, 1.82) is 0 Å². The number of aromatic hydroxyl groups is 1. The van der Waals surface area contributed by atoms with Crippen LogP contribution < -0.4 is 32.0 Å². The first-order chi connectivity index (χ1) is 30.8. The van der Waals surface area contributed by atoms with E-state index >= 15 is 0 Å². The number of methoxy groups -OCH3 is 1. The lowest BCUT2D eigenvalue weighted by molar-refractivity contribution is 0.0998. The lowest BCUT2D eigenvalue weighted by Crippen LogP contribution is -2.21. The van der Waals surface area contributed by atoms with E-state index in [1.54, 1.807) is 55.5 Å². The molecule has 2 aromatic heterocycles. The zero-order valence-corrected chi connectivity index (χ0v) is 35.4. The minimum atomic E-state index is -4.19. The summed E-state index contributed by atoms with van der Waals surface area (Å²) in [6, 6.07) is 36.9. The van der Waals surface area contributed by atoms with Crippen LogP contribution in [-0.2, 0) is 16.4 Å². The second kappa shape index (κ2) is 17.9. The van der Waals surface area contributed by atoms with Gasteiger partial charge in [0.2, 0.25) is 15.4 Å². The van der Waals surface area contributed by atoms with E-state index in [0.29, 0.717) is 51.1 Å². The van der Waals surface area contributed by atoms with Gasteiger partial charge in [0.05, 0.1) is 45.3 Å². The summed E-state index contributed by atoms with van der Waals surface area (Å²) >= 11 is 0. The van der Waals surface area contributed by atoms with Crippen LogP contribution >= 0.6 is 0 Å². The first kappa shape index (κ1) is 42.8. The summed E-state index contributed by atoms with van der Waals surface area (Å²) in [4.78, 5) is 44.7. The van der Waals surface area contributed by atoms with Crippen LogP contribution in [0.5, 0.6) is 11.5 Å². The molecule has 8 aromatic rings. The summed E-state index contributed by atoms with van der Waals surface area (Å²) < 4.78 is 33.8. The zero-order chi connectivity index (χ0) is 45.1. The molecule has 0 aliphatic heterocycles. The summed E-state index contributed by atoms with van der Waals surface area (Å²) in [5.41, 5.74) is 11.7. The van der Waals surface area contributed by atoms with Crippen molar-refractivity contribution in [2.45, 2.75) is 29.4 Å². The van der Waals surface area contributed by atoms with Gasteiger partial charge in [-0.05, 0) is 101 Å². The van der Waals surface area contributed by atoms with Crippen molar-refractivity contribution in [1.82, 2.24) is 15.3 Å². The maximum absolute atomic E-state index is 14.2. The van der Waals surface area contributed by atoms with Crippen molar-refractivity contribution in [3.05, 3.63) is 178 Å². The van der Waals surface area contributed by atoms with Gasteiger partial charge in [0.1, 0.15) is 11.5 Å². The third-order valence-electron chi connectivity index (χ3n) is 10.8. The summed E-state index contributed by atoms with van der Waals surface area (Å²) in [6.45, 7) is 2.45. The molecule has 0 saturated carbocycles. The Morgan fingerprint density at radius 1 is 0.828 bits per heavy atom. The highest BCUT2D eigenvalue weighted by Crippen LogP contribution is 2.35. The van der Waals surface area contributed by atoms with Crippen LogP contribution in [0.25, 0.3) is 32.9 Å². The highest BCUT2D eigenvalue weighted by Gasteiger charge is 2.24. The molecule has 0 radical (unpaired) electrons. The molecule has 0 fully saturated rings. The van der Waals surface area contributed by atoms with Crippen LogP contribution in [0.3, 0.4) is 0 Å². The fourth-order valence-electron chi connectivity index (χ4n) is 7.49. The molecular weight excluding hydrogens is 833 g/mol. The average molecular weight is 875 g/mol. The topological polar surface area (TPSA) is 226 Å². The van der Waals surface area contributed by atoms with E-state index in [4.69, 9.17) is 10.5 Å². The molecule has 322 valence electrons. The van der Waals surface area contributed by atoms with Gasteiger partial charge in [-0.15, -0.1) is 0 Å². The molecule has 15 heteroatoms. The van der Waals surface area contributed by atoms with Crippen LogP contribution in [0.15, 0.2) is 154 Å². The molecule has 8 rings (SSSR count). The number of aryl methyl sites for hydroxylation is 1. The van der Waals surface area contributed by atoms with E-state index < -0.39 is 27.8 Å². The third kappa shape index (κ3) is 8.89. The molecule has 0 saturated heterocycles. The van der Waals surface area contributed by atoms with Crippen molar-refractivity contribution >= 4 is 60.5 Å². The van der Waals surface area contributed by atoms with Crippen molar-refractivity contribution in [2.24, 2.45) is 5.73 Å². The van der Waals surface area contributed by atoms with E-state index in [1.807, 2.05) is 36.4 Å². The number of hydrogen-bond donors (Lipinski definition) is 7. The number of phenols is 1. The van der Waals surface area contributed by atoms with Crippen LogP contribution in [0.4, 0.5) is 17.1 Å². The molecule has 64 heavy (non-hydrogen) atoms. The number of sulfone groups is 1. The smallest absolute Gasteiger partial charge is 0.255 e. The second-order valence-corrected chi connectivity index (χ2v) is 17.0. The maximum atomic E-state index is 14.2. The van der Waals surface area contributed by atoms with Crippen molar-refractivity contribution in [3.8, 4) is 22.6 Å². The molecule has 0 bridgehead atoms. The monoisotopic (exact) mass is 874 g/mol. The number of ether oxygens (including phenoxy) is 1. The van der Waals surface area contributed by atoms with Gasteiger partial charge in [-0.2, -0.15) is 0 Å². The molecule has 2 amide bonds. The number of phenolic OH excluding ortho intramolecular Hbond substituents is 1. The number of pyridine rings is 2. The van der Waals surface area contributed by atoms with Gasteiger partial charge in [-0.25, -0.2) is 8.42 Å². The van der Waals surface area contributed by atoms with E-state index in [2.05, 4.69) is 25.9 Å². The third-order valence-corrected chi connectivity index (χ3v) is 12.6. The Kier molecular flexibility index (Phi) is 12.0. The molecule has 1 atom stereocenters. The van der Waals surface area contributed by atoms with Crippen LogP contribution in [-0.4, -0.2) is 54.1 Å². The second-order valence-electron chi connectivity index (χ2n) is 15.1. The average Bonchev–Trinajstić information content (AvgIpc) is 3.30. The highest BCUT2D eigenvalue weighted by atomic mass is 32.2. The minimum absolute atomic E-state index is 0.0642. The van der Waals surface area contributed by atoms with Gasteiger partial charge < -0.3 is 41.6 Å². The number of primary amides is 1. The predicted octanol–water partition coefficient (Wildman–Crippen LogP) is 7.52. The molecule has 0 unspecified atom stereocenters. The lowest BCUT2D eigenvalue weighted by Gasteiger charge is -2.16. The maximum Gasteiger partial charge on any atom is 0.255 e. The van der Waals surface area contributed by atoms with Gasteiger partial charge >= 0.3 is 0 Å². The summed E-state index contributed by atoms with van der Waals surface area (Å²) in [5.74, 6) is -0.760. The number of aromatic amines is 1. The standard InChI is InChI=1S/C49H42N6O8S/c1-28-21-37(24-40-45(28)52-26-41(48(50)59)46(40)53-34-6-4-7-35(23-34)63-2)64(61,62)36-8-3-5-32(22-36)49(60)54-33-15-13-31(14-16-33)30-11-9-29(10-12-30)25-51-27-43(57)38-17-19-42(56)47-39(38)18-20-44(58)55-47/h3-24,26,43,51,56-57H,25,27H2,1-2H3,(H2,50,59)(H,52,53)(H,54,60)(H,55,58)/t43-/m0/s1. The van der Waals surface area contributed by atoms with Crippen molar-refractivity contribution in [3.63, 3.8) is 0 Å². The number of rotatable bonds is 14. The Morgan fingerprint density at radius 2 is 1.56 bits per heavy atom. The van der Waals surface area contributed by atoms with Crippen molar-refractivity contribution in [2.75, 3.05) is 24.3 Å². The molecule has 8 N–H and O–H groups in total. The molecule has 2 heterocycles. The SMILES string of the molecule is COc1cccc(Nc2c(C(N)=O)cnc3c(C)cc(S(=O)(=O)c4cccc(C(=O)Nc5ccc(-c6ccc(CNC[C@H](O)c7ccc(O)c8[nH]c(=O)ccc78)cc6)cc5)c4)cc23)c1. The fourth-order valence-corrected chi connectivity index (χ4v) is 8.90. The Bertz CT molecular complexity index is 3260. The number of benzene rings is 6. The Balaban J connectivity index is 0.936. The number of anilines is 3. The Hall–Kier alpha value is -7.85. The number of aliphatic hydroxyl groups excluding tert-OH is 1. The van der Waals surface area contributed by atoms with E-state index in [-0.39, 0.29) is 50.0 Å². The normalized spacial score (nSPS) is 11.9. The van der Waals surface area contributed by atoms with Gasteiger partial charge in [0.25, 0.3) is 11.8 Å². The number of nitrogens with zero attached hydrogens (tertiary/aromatic N) is 1. The van der Waals surface area contributed by atoms with Gasteiger partial charge in [0, 0.05) is 59.1 Å². The number of H-pyrrole nitrogens is 1. The Morgan fingerprint density at radius 3 is 2.30 bits per heavy atom. The lowest BCUT2D eigenvalue weighted by atomic mass is 10.0. The zero-order valence-electron chi connectivity index (χ0n) is 34.5. The number of aromatic nitrogens is 2. The summed E-state index contributed by atoms with van der Waals surface area (Å²) in [7, 11) is -2.66. The first-order valence-electron chi connectivity index (χ1n) is 20.0. The highest BCUT2D eigenvalue weighted by molar-refractivity contribution is 7.91. The van der Waals surface area contributed by atoms with Crippen LogP contribution in [0.1, 0.15) is 43.5 Å². The number of carbonyl (C=O) groups excluding carboxylic acids is 2. The van der Waals surface area contributed by atoms with E-state index in [9.17, 15) is 33.0 Å². The largest absolute Gasteiger partial charge is 0.506 e. The van der Waals surface area contributed by atoms with Gasteiger partial charge in [-0.3, -0.25) is 19.4 Å². The molecule has 6 aromatic carbocycles. The molecule has 0 spiro atoms. The number of amides is 2. The van der Waals surface area contributed by atoms with Crippen LogP contribution in [0, 0.1) is 6.92 Å². The van der Waals surface area contributed by atoms with Crippen molar-refractivity contribution < 1.29 is 33.0 Å². The molecule has 0 aliphatic carbocycles. The van der Waals surface area contributed by atoms with Gasteiger partial charge in [0.15, 0.2) is 0 Å². The number of carbonyl (C=O) groups is 2. The summed E-state index contributed by atoms with van der Waals surface area (Å²) in [5, 5.41) is 31.3.